The average molecular weight is 763 g/mol. The van der Waals surface area contributed by atoms with Crippen LogP contribution in [0.3, 0.4) is 0 Å². The number of anilines is 6. The van der Waals surface area contributed by atoms with E-state index in [1.54, 1.807) is 0 Å². The molecule has 2 aliphatic heterocycles. The molecule has 2 aliphatic rings. The van der Waals surface area contributed by atoms with E-state index < -0.39 is 0 Å². The van der Waals surface area contributed by atoms with Crippen molar-refractivity contribution in [3.63, 3.8) is 0 Å². The summed E-state index contributed by atoms with van der Waals surface area (Å²) < 4.78 is 11.2. The molecular formula is C52H34N4OS. The molecule has 6 heteroatoms. The predicted octanol–water partition coefficient (Wildman–Crippen LogP) is 14.8. The lowest BCUT2D eigenvalue weighted by atomic mass is 10.00. The summed E-state index contributed by atoms with van der Waals surface area (Å²) in [5, 5.41) is 2.34. The topological polar surface area (TPSA) is 25.6 Å². The van der Waals surface area contributed by atoms with Gasteiger partial charge in [-0.05, 0) is 109 Å². The summed E-state index contributed by atoms with van der Waals surface area (Å²) >= 11 is 1.84. The largest absolute Gasteiger partial charge is 0.453 e. The SMILES string of the molecule is c1ccc(-n2ccc3cc4c(cc32)N(c2cccc(-c3ccccc3N3c5ccccc5Sc5cc6ccn(-c7ccccc7)c6cc53)c2)c2ccccc2O4)cc1. The number of ether oxygens (including phenoxy) is 1. The van der Waals surface area contributed by atoms with Crippen LogP contribution in [0.2, 0.25) is 0 Å². The van der Waals surface area contributed by atoms with E-state index in [0.29, 0.717) is 0 Å². The first-order valence-electron chi connectivity index (χ1n) is 19.5. The third-order valence-electron chi connectivity index (χ3n) is 11.3. The predicted molar refractivity (Wildman–Crippen MR) is 239 cm³/mol. The summed E-state index contributed by atoms with van der Waals surface area (Å²) in [7, 11) is 0. The van der Waals surface area contributed by atoms with Crippen LogP contribution in [0.5, 0.6) is 11.5 Å². The Morgan fingerprint density at radius 1 is 0.362 bits per heavy atom. The van der Waals surface area contributed by atoms with Gasteiger partial charge in [0.25, 0.3) is 0 Å². The van der Waals surface area contributed by atoms with Gasteiger partial charge >= 0.3 is 0 Å². The van der Waals surface area contributed by atoms with Crippen molar-refractivity contribution in [2.45, 2.75) is 9.79 Å². The lowest BCUT2D eigenvalue weighted by Gasteiger charge is -2.35. The highest BCUT2D eigenvalue weighted by Crippen LogP contribution is 2.55. The standard InChI is InChI=1S/C52H34N4OS/c1-3-15-38(16-4-1)53-28-26-36-31-50-47(33-45(36)53)55(43-22-9-11-24-49(43)57-50)40-19-13-14-35(30-40)41-20-7-8-21-42(41)56-44-23-10-12-25-51(44)58-52-32-37-27-29-54(46(37)34-48(52)56)39-17-5-2-6-18-39/h1-34H. The highest BCUT2D eigenvalue weighted by Gasteiger charge is 2.30. The number of hydrogen-bond acceptors (Lipinski definition) is 4. The van der Waals surface area contributed by atoms with Gasteiger partial charge in [0.15, 0.2) is 11.5 Å². The summed E-state index contributed by atoms with van der Waals surface area (Å²) in [6.45, 7) is 0. The van der Waals surface area contributed by atoms with Crippen molar-refractivity contribution in [2.75, 3.05) is 9.80 Å². The monoisotopic (exact) mass is 762 g/mol. The molecule has 0 spiro atoms. The van der Waals surface area contributed by atoms with Gasteiger partial charge in [-0.1, -0.05) is 103 Å². The van der Waals surface area contributed by atoms with E-state index in [2.05, 4.69) is 219 Å². The molecule has 0 saturated heterocycles. The quantitative estimate of drug-likeness (QED) is 0.174. The normalized spacial score (nSPS) is 12.8. The minimum absolute atomic E-state index is 0.827. The molecule has 58 heavy (non-hydrogen) atoms. The van der Waals surface area contributed by atoms with Gasteiger partial charge in [-0.3, -0.25) is 0 Å². The maximum Gasteiger partial charge on any atom is 0.152 e. The van der Waals surface area contributed by atoms with E-state index in [-0.39, 0.29) is 0 Å². The van der Waals surface area contributed by atoms with Crippen LogP contribution < -0.4 is 14.5 Å². The Morgan fingerprint density at radius 2 is 0.966 bits per heavy atom. The third kappa shape index (κ3) is 5.19. The summed E-state index contributed by atoms with van der Waals surface area (Å²) in [4.78, 5) is 7.26. The Labute approximate surface area is 340 Å². The van der Waals surface area contributed by atoms with Crippen LogP contribution in [0.4, 0.5) is 34.1 Å². The molecule has 0 saturated carbocycles. The van der Waals surface area contributed by atoms with Crippen molar-refractivity contribution in [2.24, 2.45) is 0 Å². The molecule has 0 fully saturated rings. The number of para-hydroxylation sites is 6. The average Bonchev–Trinajstić information content (AvgIpc) is 3.90. The molecule has 274 valence electrons. The number of fused-ring (bicyclic) bond motifs is 6. The Kier molecular flexibility index (Phi) is 7.40. The lowest BCUT2D eigenvalue weighted by Crippen LogP contribution is -2.16. The molecule has 0 amide bonds. The molecule has 5 nitrogen and oxygen atoms in total. The molecule has 8 aromatic carbocycles. The summed E-state index contributed by atoms with van der Waals surface area (Å²) in [5.41, 5.74) is 13.3. The highest BCUT2D eigenvalue weighted by molar-refractivity contribution is 7.99. The molecule has 0 N–H and O–H groups in total. The second-order valence-electron chi connectivity index (χ2n) is 14.7. The maximum atomic E-state index is 6.63. The Balaban J connectivity index is 1.02. The number of nitrogens with zero attached hydrogens (tertiary/aromatic N) is 4. The van der Waals surface area contributed by atoms with Gasteiger partial charge in [0, 0.05) is 55.6 Å². The van der Waals surface area contributed by atoms with Gasteiger partial charge in [-0.15, -0.1) is 0 Å². The molecule has 0 bridgehead atoms. The fourth-order valence-corrected chi connectivity index (χ4v) is 9.75. The van der Waals surface area contributed by atoms with Crippen LogP contribution in [0.25, 0.3) is 44.3 Å². The van der Waals surface area contributed by atoms with Crippen LogP contribution >= 0.6 is 11.8 Å². The second-order valence-corrected chi connectivity index (χ2v) is 15.8. The van der Waals surface area contributed by atoms with Crippen LogP contribution in [0.1, 0.15) is 0 Å². The zero-order chi connectivity index (χ0) is 38.2. The van der Waals surface area contributed by atoms with Gasteiger partial charge < -0.3 is 23.7 Å². The first-order valence-corrected chi connectivity index (χ1v) is 20.3. The van der Waals surface area contributed by atoms with E-state index in [1.807, 2.05) is 17.8 Å². The molecule has 12 rings (SSSR count). The van der Waals surface area contributed by atoms with Gasteiger partial charge in [-0.2, -0.15) is 0 Å². The lowest BCUT2D eigenvalue weighted by molar-refractivity contribution is 0.477. The smallest absolute Gasteiger partial charge is 0.152 e. The number of rotatable bonds is 5. The molecule has 0 radical (unpaired) electrons. The molecule has 4 heterocycles. The van der Waals surface area contributed by atoms with Crippen molar-refractivity contribution in [1.29, 1.82) is 0 Å². The van der Waals surface area contributed by atoms with Crippen LogP contribution in [0.15, 0.2) is 216 Å². The molecule has 2 aromatic heterocycles. The minimum atomic E-state index is 0.827. The first-order chi connectivity index (χ1) is 28.7. The maximum absolute atomic E-state index is 6.63. The van der Waals surface area contributed by atoms with Gasteiger partial charge in [0.2, 0.25) is 0 Å². The molecule has 0 atom stereocenters. The van der Waals surface area contributed by atoms with Gasteiger partial charge in [0.05, 0.1) is 39.5 Å². The summed E-state index contributed by atoms with van der Waals surface area (Å²) in [5.74, 6) is 1.65. The third-order valence-corrected chi connectivity index (χ3v) is 12.4. The van der Waals surface area contributed by atoms with Crippen LogP contribution in [0, 0.1) is 0 Å². The molecular weight excluding hydrogens is 729 g/mol. The summed E-state index contributed by atoms with van der Waals surface area (Å²) in [6.07, 6.45) is 4.32. The van der Waals surface area contributed by atoms with Crippen molar-refractivity contribution in [1.82, 2.24) is 9.13 Å². The molecule has 10 aromatic rings. The van der Waals surface area contributed by atoms with E-state index in [4.69, 9.17) is 4.74 Å². The number of hydrogen-bond donors (Lipinski definition) is 0. The Bertz CT molecular complexity index is 3200. The minimum Gasteiger partial charge on any atom is -0.453 e. The number of benzene rings is 8. The van der Waals surface area contributed by atoms with Crippen LogP contribution in [-0.2, 0) is 0 Å². The Morgan fingerprint density at radius 3 is 1.72 bits per heavy atom. The van der Waals surface area contributed by atoms with Crippen molar-refractivity contribution in [3.05, 3.63) is 207 Å². The highest BCUT2D eigenvalue weighted by atomic mass is 32.2. The second kappa shape index (κ2) is 13.1. The van der Waals surface area contributed by atoms with E-state index >= 15 is 0 Å². The first kappa shape index (κ1) is 32.8. The fraction of sp³-hybridized carbons (Fsp3) is 0. The fourth-order valence-electron chi connectivity index (χ4n) is 8.66. The van der Waals surface area contributed by atoms with E-state index in [0.717, 1.165) is 73.3 Å². The van der Waals surface area contributed by atoms with E-state index in [9.17, 15) is 0 Å². The number of aromatic nitrogens is 2. The van der Waals surface area contributed by atoms with E-state index in [1.165, 1.54) is 26.4 Å². The molecule has 0 unspecified atom stereocenters. The summed E-state index contributed by atoms with van der Waals surface area (Å²) in [6, 6.07) is 69.4. The zero-order valence-corrected chi connectivity index (χ0v) is 32.1. The van der Waals surface area contributed by atoms with Crippen molar-refractivity contribution in [3.8, 4) is 34.0 Å². The zero-order valence-electron chi connectivity index (χ0n) is 31.2. The van der Waals surface area contributed by atoms with Crippen LogP contribution in [-0.4, -0.2) is 9.13 Å². The van der Waals surface area contributed by atoms with Crippen molar-refractivity contribution >= 4 is 67.7 Å². The molecule has 0 aliphatic carbocycles. The van der Waals surface area contributed by atoms with Crippen molar-refractivity contribution < 1.29 is 4.74 Å². The van der Waals surface area contributed by atoms with Gasteiger partial charge in [0.1, 0.15) is 0 Å². The Hall–Kier alpha value is -7.41. The van der Waals surface area contributed by atoms with Gasteiger partial charge in [-0.25, -0.2) is 0 Å².